The Bertz CT molecular complexity index is 272. The van der Waals surface area contributed by atoms with Gasteiger partial charge in [-0.05, 0) is 5.92 Å². The van der Waals surface area contributed by atoms with E-state index in [9.17, 15) is 4.79 Å². The van der Waals surface area contributed by atoms with Crippen molar-refractivity contribution >= 4 is 29.1 Å². The minimum absolute atomic E-state index is 0.117. The number of carbonyl (C=O) groups is 1. The van der Waals surface area contributed by atoms with Crippen molar-refractivity contribution in [2.75, 3.05) is 0 Å². The number of hydrogen-bond acceptors (Lipinski definition) is 4. The van der Waals surface area contributed by atoms with Gasteiger partial charge in [0.05, 0.1) is 0 Å². The molecule has 1 aromatic heterocycles. The molecule has 0 fully saturated rings. The van der Waals surface area contributed by atoms with Crippen LogP contribution in [0.5, 0.6) is 0 Å². The van der Waals surface area contributed by atoms with Crippen LogP contribution < -0.4 is 0 Å². The van der Waals surface area contributed by atoms with Gasteiger partial charge < -0.3 is 5.11 Å². The number of nitrogens with zero attached hydrogens (tertiary/aromatic N) is 1. The number of aromatic nitrogens is 1. The van der Waals surface area contributed by atoms with Crippen molar-refractivity contribution in [3.8, 4) is 0 Å². The Morgan fingerprint density at radius 3 is 2.77 bits per heavy atom. The summed E-state index contributed by atoms with van der Waals surface area (Å²) in [5.41, 5.74) is 0. The van der Waals surface area contributed by atoms with Crippen LogP contribution >= 0.6 is 23.1 Å². The molecule has 0 saturated carbocycles. The minimum Gasteiger partial charge on any atom is -0.480 e. The van der Waals surface area contributed by atoms with Gasteiger partial charge in [-0.1, -0.05) is 25.6 Å². The van der Waals surface area contributed by atoms with Gasteiger partial charge in [0.2, 0.25) is 0 Å². The van der Waals surface area contributed by atoms with E-state index in [1.165, 1.54) is 23.1 Å². The van der Waals surface area contributed by atoms with Crippen molar-refractivity contribution in [3.05, 3.63) is 11.6 Å². The van der Waals surface area contributed by atoms with Crippen LogP contribution in [0.25, 0.3) is 0 Å². The SMILES string of the molecule is CC(C)C(Sc1nccs1)C(=O)O. The first-order valence-corrected chi connectivity index (χ1v) is 5.66. The molecule has 0 aliphatic carbocycles. The average Bonchev–Trinajstić information content (AvgIpc) is 2.50. The lowest BCUT2D eigenvalue weighted by Gasteiger charge is -2.13. The van der Waals surface area contributed by atoms with E-state index in [-0.39, 0.29) is 5.92 Å². The highest BCUT2D eigenvalue weighted by Crippen LogP contribution is 2.29. The third-order valence-electron chi connectivity index (χ3n) is 1.49. The minimum atomic E-state index is -0.768. The Balaban J connectivity index is 2.63. The Morgan fingerprint density at radius 2 is 2.38 bits per heavy atom. The number of carboxylic acids is 1. The number of thiazole rings is 1. The fraction of sp³-hybridized carbons (Fsp3) is 0.500. The monoisotopic (exact) mass is 217 g/mol. The van der Waals surface area contributed by atoms with Crippen LogP contribution in [0, 0.1) is 5.92 Å². The largest absolute Gasteiger partial charge is 0.480 e. The molecule has 0 aromatic carbocycles. The first kappa shape index (κ1) is 10.5. The van der Waals surface area contributed by atoms with Gasteiger partial charge in [0, 0.05) is 11.6 Å². The van der Waals surface area contributed by atoms with Crippen LogP contribution in [-0.4, -0.2) is 21.3 Å². The second kappa shape index (κ2) is 4.62. The summed E-state index contributed by atoms with van der Waals surface area (Å²) in [5.74, 6) is -0.651. The molecule has 1 rings (SSSR count). The average molecular weight is 217 g/mol. The molecule has 1 N–H and O–H groups in total. The van der Waals surface area contributed by atoms with Gasteiger partial charge in [-0.3, -0.25) is 4.79 Å². The molecule has 5 heteroatoms. The molecule has 1 heterocycles. The lowest BCUT2D eigenvalue weighted by atomic mass is 10.1. The Labute approximate surface area is 85.2 Å². The zero-order valence-electron chi connectivity index (χ0n) is 7.43. The summed E-state index contributed by atoms with van der Waals surface area (Å²) in [7, 11) is 0. The van der Waals surface area contributed by atoms with Crippen molar-refractivity contribution < 1.29 is 9.90 Å². The van der Waals surface area contributed by atoms with E-state index in [1.54, 1.807) is 6.20 Å². The van der Waals surface area contributed by atoms with Gasteiger partial charge in [0.1, 0.15) is 5.25 Å². The van der Waals surface area contributed by atoms with E-state index in [4.69, 9.17) is 5.11 Å². The summed E-state index contributed by atoms with van der Waals surface area (Å²) in [4.78, 5) is 14.9. The van der Waals surface area contributed by atoms with Crippen molar-refractivity contribution in [1.29, 1.82) is 0 Å². The summed E-state index contributed by atoms with van der Waals surface area (Å²) in [6, 6.07) is 0. The lowest BCUT2D eigenvalue weighted by molar-refractivity contribution is -0.137. The van der Waals surface area contributed by atoms with Crippen molar-refractivity contribution in [1.82, 2.24) is 4.98 Å². The van der Waals surface area contributed by atoms with Gasteiger partial charge in [-0.2, -0.15) is 0 Å². The maximum absolute atomic E-state index is 10.8. The third-order valence-corrected chi connectivity index (χ3v) is 3.94. The standard InChI is InChI=1S/C8H11NO2S2/c1-5(2)6(7(10)11)13-8-9-3-4-12-8/h3-6H,1-2H3,(H,10,11). The van der Waals surface area contributed by atoms with Gasteiger partial charge in [-0.25, -0.2) is 4.98 Å². The van der Waals surface area contributed by atoms with E-state index < -0.39 is 11.2 Å². The van der Waals surface area contributed by atoms with Gasteiger partial charge >= 0.3 is 5.97 Å². The molecule has 1 atom stereocenters. The van der Waals surface area contributed by atoms with Crippen molar-refractivity contribution in [2.24, 2.45) is 5.92 Å². The molecular weight excluding hydrogens is 206 g/mol. The molecule has 0 bridgehead atoms. The molecule has 3 nitrogen and oxygen atoms in total. The fourth-order valence-corrected chi connectivity index (χ4v) is 2.62. The molecular formula is C8H11NO2S2. The van der Waals surface area contributed by atoms with Crippen LogP contribution in [-0.2, 0) is 4.79 Å². The molecule has 0 amide bonds. The quantitative estimate of drug-likeness (QED) is 0.786. The molecule has 72 valence electrons. The maximum Gasteiger partial charge on any atom is 0.317 e. The topological polar surface area (TPSA) is 50.2 Å². The van der Waals surface area contributed by atoms with E-state index in [1.807, 2.05) is 19.2 Å². The molecule has 1 aromatic rings. The first-order valence-electron chi connectivity index (χ1n) is 3.90. The Morgan fingerprint density at radius 1 is 1.69 bits per heavy atom. The second-order valence-corrected chi connectivity index (χ2v) is 5.20. The predicted octanol–water partition coefficient (Wildman–Crippen LogP) is 2.34. The normalized spacial score (nSPS) is 13.2. The van der Waals surface area contributed by atoms with Gasteiger partial charge in [0.25, 0.3) is 0 Å². The molecule has 0 aliphatic rings. The number of thioether (sulfide) groups is 1. The predicted molar refractivity (Wildman–Crippen MR) is 54.2 cm³/mol. The van der Waals surface area contributed by atoms with Crippen LogP contribution in [0.15, 0.2) is 15.9 Å². The zero-order chi connectivity index (χ0) is 9.84. The zero-order valence-corrected chi connectivity index (χ0v) is 9.06. The van der Waals surface area contributed by atoms with Gasteiger partial charge in [0.15, 0.2) is 4.34 Å². The van der Waals surface area contributed by atoms with Gasteiger partial charge in [-0.15, -0.1) is 11.3 Å². The fourth-order valence-electron chi connectivity index (χ4n) is 0.849. The van der Waals surface area contributed by atoms with Crippen LogP contribution in [0.3, 0.4) is 0 Å². The maximum atomic E-state index is 10.8. The highest BCUT2D eigenvalue weighted by Gasteiger charge is 2.23. The van der Waals surface area contributed by atoms with E-state index in [0.29, 0.717) is 0 Å². The number of hydrogen-bond donors (Lipinski definition) is 1. The molecule has 13 heavy (non-hydrogen) atoms. The van der Waals surface area contributed by atoms with Crippen LogP contribution in [0.2, 0.25) is 0 Å². The Kier molecular flexibility index (Phi) is 3.74. The number of rotatable bonds is 4. The first-order chi connectivity index (χ1) is 6.11. The lowest BCUT2D eigenvalue weighted by Crippen LogP contribution is -2.22. The van der Waals surface area contributed by atoms with E-state index in [2.05, 4.69) is 4.98 Å². The van der Waals surface area contributed by atoms with Crippen molar-refractivity contribution in [2.45, 2.75) is 23.4 Å². The second-order valence-electron chi connectivity index (χ2n) is 2.92. The summed E-state index contributed by atoms with van der Waals surface area (Å²) in [6.45, 7) is 3.80. The highest BCUT2D eigenvalue weighted by molar-refractivity contribution is 8.02. The smallest absolute Gasteiger partial charge is 0.317 e. The summed E-state index contributed by atoms with van der Waals surface area (Å²) in [5, 5.41) is 10.4. The molecule has 0 spiro atoms. The van der Waals surface area contributed by atoms with Crippen molar-refractivity contribution in [3.63, 3.8) is 0 Å². The summed E-state index contributed by atoms with van der Waals surface area (Å²) >= 11 is 2.79. The summed E-state index contributed by atoms with van der Waals surface area (Å²) in [6.07, 6.45) is 1.69. The molecule has 0 saturated heterocycles. The summed E-state index contributed by atoms with van der Waals surface area (Å²) < 4.78 is 0.820. The molecule has 0 aliphatic heterocycles. The molecule has 1 unspecified atom stereocenters. The number of aliphatic carboxylic acids is 1. The molecule has 0 radical (unpaired) electrons. The third kappa shape index (κ3) is 3.00. The Hall–Kier alpha value is -0.550. The van der Waals surface area contributed by atoms with Crippen LogP contribution in [0.1, 0.15) is 13.8 Å². The van der Waals surface area contributed by atoms with E-state index in [0.717, 1.165) is 4.34 Å². The van der Waals surface area contributed by atoms with E-state index >= 15 is 0 Å². The van der Waals surface area contributed by atoms with Crippen LogP contribution in [0.4, 0.5) is 0 Å². The highest BCUT2D eigenvalue weighted by atomic mass is 32.2. The number of carboxylic acid groups (broad SMARTS) is 1.